The molecule has 2 fully saturated rings. The molecule has 9 nitrogen and oxygen atoms in total. The van der Waals surface area contributed by atoms with E-state index in [9.17, 15) is 19.2 Å². The van der Waals surface area contributed by atoms with Crippen molar-refractivity contribution in [2.75, 3.05) is 4.90 Å². The van der Waals surface area contributed by atoms with Gasteiger partial charge in [0, 0.05) is 18.5 Å². The minimum Gasteiger partial charge on any atom is -0.427 e. The molecule has 7 rings (SSSR count). The minimum absolute atomic E-state index is 0.00306. The summed E-state index contributed by atoms with van der Waals surface area (Å²) in [7, 11) is 0. The molecule has 9 heteroatoms. The lowest BCUT2D eigenvalue weighted by atomic mass is 9.75. The van der Waals surface area contributed by atoms with Crippen molar-refractivity contribution in [1.82, 2.24) is 14.9 Å². The van der Waals surface area contributed by atoms with Gasteiger partial charge in [-0.25, -0.2) is 9.88 Å². The third-order valence-corrected chi connectivity index (χ3v) is 8.37. The van der Waals surface area contributed by atoms with Crippen molar-refractivity contribution in [3.8, 4) is 11.4 Å². The van der Waals surface area contributed by atoms with Gasteiger partial charge in [0.1, 0.15) is 17.1 Å². The molecule has 1 N–H and O–H groups in total. The van der Waals surface area contributed by atoms with Crippen LogP contribution in [0.4, 0.5) is 5.69 Å². The highest BCUT2D eigenvalue weighted by atomic mass is 16.5. The Bertz CT molecular complexity index is 1810. The Morgan fingerprint density at radius 2 is 1.65 bits per heavy atom. The number of esters is 1. The maximum atomic E-state index is 14.4. The molecular weight excluding hydrogens is 508 g/mol. The van der Waals surface area contributed by atoms with Gasteiger partial charge in [0.15, 0.2) is 0 Å². The van der Waals surface area contributed by atoms with E-state index in [1.807, 2.05) is 44.2 Å². The fourth-order valence-corrected chi connectivity index (χ4v) is 6.81. The number of amides is 2. The number of rotatable bonds is 3. The van der Waals surface area contributed by atoms with Gasteiger partial charge in [-0.1, -0.05) is 44.2 Å². The summed E-state index contributed by atoms with van der Waals surface area (Å²) in [6, 6.07) is 20.7. The molecule has 3 aromatic carbocycles. The number of ether oxygens (including phenoxy) is 1. The van der Waals surface area contributed by atoms with Crippen LogP contribution >= 0.6 is 0 Å². The van der Waals surface area contributed by atoms with E-state index >= 15 is 0 Å². The van der Waals surface area contributed by atoms with Crippen LogP contribution in [0.1, 0.15) is 32.2 Å². The average Bonchev–Trinajstić information content (AvgIpc) is 3.53. The number of hydrogen-bond donors (Lipinski definition) is 1. The molecule has 3 aliphatic rings. The van der Waals surface area contributed by atoms with Gasteiger partial charge in [-0.15, -0.1) is 0 Å². The van der Waals surface area contributed by atoms with Gasteiger partial charge in [0.2, 0.25) is 11.8 Å². The molecule has 4 aromatic rings. The molecule has 0 saturated carbocycles. The van der Waals surface area contributed by atoms with Crippen LogP contribution in [-0.2, 0) is 19.9 Å². The van der Waals surface area contributed by atoms with Crippen LogP contribution in [0, 0.1) is 17.8 Å². The van der Waals surface area contributed by atoms with E-state index in [1.165, 1.54) is 11.8 Å². The standard InChI is InChI=1S/C31H26N4O5/c1-16(2)26-24-25(29(39)34(28(24)38)18-12-14-19(15-13-18)40-17(3)36)31(33-26)21-9-5-7-11-23(21)35-27(37)20-8-4-6-10-22(20)32-30(31)35/h4-16,24-26,33H,1-3H3/t24-,25+,26+,31+/m0/s1. The van der Waals surface area contributed by atoms with Crippen LogP contribution in [0.5, 0.6) is 5.75 Å². The maximum Gasteiger partial charge on any atom is 0.308 e. The van der Waals surface area contributed by atoms with Crippen LogP contribution in [0.25, 0.3) is 16.6 Å². The second kappa shape index (κ2) is 8.43. The van der Waals surface area contributed by atoms with E-state index in [-0.39, 0.29) is 29.3 Å². The number of hydrogen-bond acceptors (Lipinski definition) is 7. The molecule has 1 spiro atoms. The first-order chi connectivity index (χ1) is 19.2. The van der Waals surface area contributed by atoms with Gasteiger partial charge in [-0.3, -0.25) is 29.1 Å². The molecule has 40 heavy (non-hydrogen) atoms. The number of carbonyl (C=O) groups is 3. The van der Waals surface area contributed by atoms with Crippen molar-refractivity contribution < 1.29 is 19.1 Å². The van der Waals surface area contributed by atoms with Crippen LogP contribution in [0.2, 0.25) is 0 Å². The normalized spacial score (nSPS) is 24.6. The fraction of sp³-hybridized carbons (Fsp3) is 0.258. The lowest BCUT2D eigenvalue weighted by molar-refractivity contribution is -0.132. The van der Waals surface area contributed by atoms with E-state index in [1.54, 1.807) is 47.0 Å². The fourth-order valence-electron chi connectivity index (χ4n) is 6.81. The number of benzene rings is 3. The van der Waals surface area contributed by atoms with Crippen molar-refractivity contribution in [2.45, 2.75) is 32.4 Å². The summed E-state index contributed by atoms with van der Waals surface area (Å²) in [6.07, 6.45) is 0. The van der Waals surface area contributed by atoms with Gasteiger partial charge >= 0.3 is 5.97 Å². The Morgan fingerprint density at radius 1 is 0.950 bits per heavy atom. The van der Waals surface area contributed by atoms with E-state index < -0.39 is 23.3 Å². The minimum atomic E-state index is -1.18. The van der Waals surface area contributed by atoms with Crippen LogP contribution < -0.4 is 20.5 Å². The van der Waals surface area contributed by atoms with Gasteiger partial charge in [0.05, 0.1) is 34.1 Å². The summed E-state index contributed by atoms with van der Waals surface area (Å²) in [5.41, 5.74) is 0.937. The number of para-hydroxylation sites is 2. The first-order valence-electron chi connectivity index (χ1n) is 13.3. The number of aromatic nitrogens is 2. The van der Waals surface area contributed by atoms with E-state index in [0.717, 1.165) is 5.56 Å². The Hall–Kier alpha value is -4.63. The summed E-state index contributed by atoms with van der Waals surface area (Å²) in [4.78, 5) is 60.0. The van der Waals surface area contributed by atoms with E-state index in [2.05, 4.69) is 5.32 Å². The number of carbonyl (C=O) groups excluding carboxylic acids is 3. The lowest BCUT2D eigenvalue weighted by Gasteiger charge is -2.32. The number of nitrogens with one attached hydrogen (secondary N) is 1. The quantitative estimate of drug-likeness (QED) is 0.244. The highest BCUT2D eigenvalue weighted by molar-refractivity contribution is 6.23. The summed E-state index contributed by atoms with van der Waals surface area (Å²) < 4.78 is 6.73. The molecule has 0 aliphatic carbocycles. The topological polar surface area (TPSA) is 111 Å². The van der Waals surface area contributed by atoms with Gasteiger partial charge in [0.25, 0.3) is 5.56 Å². The largest absolute Gasteiger partial charge is 0.427 e. The van der Waals surface area contributed by atoms with Crippen molar-refractivity contribution >= 4 is 34.4 Å². The average molecular weight is 535 g/mol. The number of anilines is 1. The monoisotopic (exact) mass is 534 g/mol. The molecule has 1 aromatic heterocycles. The number of nitrogens with zero attached hydrogens (tertiary/aromatic N) is 3. The highest BCUT2D eigenvalue weighted by Crippen LogP contribution is 2.56. The smallest absolute Gasteiger partial charge is 0.308 e. The Balaban J connectivity index is 1.45. The highest BCUT2D eigenvalue weighted by Gasteiger charge is 2.70. The van der Waals surface area contributed by atoms with Crippen molar-refractivity contribution in [2.24, 2.45) is 17.8 Å². The predicted molar refractivity (Wildman–Crippen MR) is 147 cm³/mol. The van der Waals surface area contributed by atoms with Gasteiger partial charge < -0.3 is 4.74 Å². The molecule has 3 aliphatic heterocycles. The van der Waals surface area contributed by atoms with Crippen LogP contribution in [0.3, 0.4) is 0 Å². The molecule has 0 unspecified atom stereocenters. The third kappa shape index (κ3) is 3.09. The molecular formula is C31H26N4O5. The van der Waals surface area contributed by atoms with Crippen molar-refractivity contribution in [3.63, 3.8) is 0 Å². The lowest BCUT2D eigenvalue weighted by Crippen LogP contribution is -2.51. The Morgan fingerprint density at radius 3 is 2.38 bits per heavy atom. The molecule has 2 saturated heterocycles. The molecule has 4 heterocycles. The summed E-state index contributed by atoms with van der Waals surface area (Å²) in [5.74, 6) is -1.90. The summed E-state index contributed by atoms with van der Waals surface area (Å²) in [6.45, 7) is 5.34. The van der Waals surface area contributed by atoms with Crippen LogP contribution in [-0.4, -0.2) is 33.4 Å². The predicted octanol–water partition coefficient (Wildman–Crippen LogP) is 3.30. The van der Waals surface area contributed by atoms with Gasteiger partial charge in [-0.05, 0) is 48.4 Å². The SMILES string of the molecule is CC(=O)Oc1ccc(N2C(=O)[C@@H]3[C@@H](C(C)C)N[C@]4(c5ccccc5-n5c4nc4ccccc4c5=O)[C@H]3C2=O)cc1. The zero-order valence-electron chi connectivity index (χ0n) is 22.1. The number of imide groups is 1. The maximum absolute atomic E-state index is 14.4. The van der Waals surface area contributed by atoms with E-state index in [0.29, 0.717) is 33.9 Å². The Kier molecular flexibility index (Phi) is 5.15. The summed E-state index contributed by atoms with van der Waals surface area (Å²) in [5, 5.41) is 4.17. The zero-order chi connectivity index (χ0) is 27.9. The first kappa shape index (κ1) is 24.4. The van der Waals surface area contributed by atoms with Crippen molar-refractivity contribution in [1.29, 1.82) is 0 Å². The number of fused-ring (bicyclic) bond motifs is 8. The first-order valence-corrected chi connectivity index (χ1v) is 13.3. The molecule has 2 amide bonds. The van der Waals surface area contributed by atoms with Crippen molar-refractivity contribution in [3.05, 3.63) is 94.5 Å². The van der Waals surface area contributed by atoms with E-state index in [4.69, 9.17) is 9.72 Å². The molecule has 4 atom stereocenters. The van der Waals surface area contributed by atoms with Crippen LogP contribution in [0.15, 0.2) is 77.6 Å². The molecule has 0 radical (unpaired) electrons. The third-order valence-electron chi connectivity index (χ3n) is 8.37. The molecule has 0 bridgehead atoms. The second-order valence-electron chi connectivity index (χ2n) is 10.9. The zero-order valence-corrected chi connectivity index (χ0v) is 22.1. The van der Waals surface area contributed by atoms with Gasteiger partial charge in [-0.2, -0.15) is 0 Å². The summed E-state index contributed by atoms with van der Waals surface area (Å²) >= 11 is 0. The Labute approximate surface area is 229 Å². The second-order valence-corrected chi connectivity index (χ2v) is 10.9. The molecule has 200 valence electrons.